The van der Waals surface area contributed by atoms with Crippen molar-refractivity contribution >= 4 is 17.3 Å². The van der Waals surface area contributed by atoms with Crippen molar-refractivity contribution in [3.8, 4) is 0 Å². The Labute approximate surface area is 123 Å². The van der Waals surface area contributed by atoms with E-state index in [1.165, 1.54) is 17.0 Å². The van der Waals surface area contributed by atoms with Gasteiger partial charge in [0.15, 0.2) is 0 Å². The number of piperazine rings is 1. The van der Waals surface area contributed by atoms with E-state index >= 15 is 0 Å². The first-order valence-corrected chi connectivity index (χ1v) is 6.88. The second-order valence-corrected chi connectivity index (χ2v) is 5.46. The van der Waals surface area contributed by atoms with Gasteiger partial charge in [0.25, 0.3) is 11.6 Å². The second kappa shape index (κ2) is 6.09. The van der Waals surface area contributed by atoms with E-state index in [0.717, 1.165) is 6.54 Å². The van der Waals surface area contributed by atoms with Crippen LogP contribution in [-0.4, -0.2) is 55.5 Å². The van der Waals surface area contributed by atoms with Gasteiger partial charge < -0.3 is 15.1 Å². The number of anilines is 1. The van der Waals surface area contributed by atoms with Crippen LogP contribution in [0.4, 0.5) is 11.4 Å². The Morgan fingerprint density at radius 1 is 1.48 bits per heavy atom. The predicted molar refractivity (Wildman–Crippen MR) is 80.8 cm³/mol. The molecule has 1 heterocycles. The lowest BCUT2D eigenvalue weighted by Crippen LogP contribution is -2.49. The van der Waals surface area contributed by atoms with Gasteiger partial charge in [-0.2, -0.15) is 0 Å². The largest absolute Gasteiger partial charge is 0.363 e. The van der Waals surface area contributed by atoms with Crippen molar-refractivity contribution in [2.24, 2.45) is 0 Å². The number of hydrogen-bond donors (Lipinski definition) is 1. The zero-order valence-electron chi connectivity index (χ0n) is 12.5. The fourth-order valence-corrected chi connectivity index (χ4v) is 2.47. The number of benzene rings is 1. The summed E-state index contributed by atoms with van der Waals surface area (Å²) < 4.78 is 0. The topological polar surface area (TPSA) is 78.7 Å². The third kappa shape index (κ3) is 3.30. The summed E-state index contributed by atoms with van der Waals surface area (Å²) in [5, 5.41) is 14.5. The summed E-state index contributed by atoms with van der Waals surface area (Å²) >= 11 is 0. The van der Waals surface area contributed by atoms with Crippen molar-refractivity contribution in [2.75, 3.05) is 38.6 Å². The van der Waals surface area contributed by atoms with Crippen LogP contribution in [-0.2, 0) is 0 Å². The van der Waals surface area contributed by atoms with Crippen LogP contribution < -0.4 is 10.2 Å². The minimum Gasteiger partial charge on any atom is -0.363 e. The van der Waals surface area contributed by atoms with Crippen LogP contribution in [0.1, 0.15) is 17.3 Å². The summed E-state index contributed by atoms with van der Waals surface area (Å²) in [4.78, 5) is 26.3. The highest BCUT2D eigenvalue weighted by atomic mass is 16.6. The number of carbonyl (C=O) groups excluding carboxylic acids is 1. The van der Waals surface area contributed by atoms with E-state index in [2.05, 4.69) is 5.32 Å². The van der Waals surface area contributed by atoms with Crippen molar-refractivity contribution in [1.82, 2.24) is 10.2 Å². The Morgan fingerprint density at radius 2 is 2.19 bits per heavy atom. The molecule has 1 aliphatic heterocycles. The molecule has 7 nitrogen and oxygen atoms in total. The normalized spacial score (nSPS) is 18.4. The molecule has 1 aromatic carbocycles. The molecular weight excluding hydrogens is 272 g/mol. The molecule has 2 rings (SSSR count). The molecule has 0 radical (unpaired) electrons. The van der Waals surface area contributed by atoms with Gasteiger partial charge in [-0.3, -0.25) is 14.9 Å². The molecule has 0 spiro atoms. The summed E-state index contributed by atoms with van der Waals surface area (Å²) in [6.45, 7) is 4.17. The van der Waals surface area contributed by atoms with Crippen LogP contribution in [0.5, 0.6) is 0 Å². The number of nitro groups is 1. The average molecular weight is 292 g/mol. The molecule has 0 unspecified atom stereocenters. The molecule has 1 amide bonds. The SMILES string of the molecule is C[C@H]1CN(c2cc(C(=O)N(C)C)ccc2[N+](=O)[O-])CCN1. The lowest BCUT2D eigenvalue weighted by molar-refractivity contribution is -0.384. The van der Waals surface area contributed by atoms with Gasteiger partial charge in [0.05, 0.1) is 4.92 Å². The molecule has 1 atom stereocenters. The van der Waals surface area contributed by atoms with E-state index in [0.29, 0.717) is 24.3 Å². The van der Waals surface area contributed by atoms with Crippen LogP contribution in [0.2, 0.25) is 0 Å². The number of carbonyl (C=O) groups is 1. The molecular formula is C14H20N4O3. The highest BCUT2D eigenvalue weighted by Gasteiger charge is 2.25. The number of nitrogens with one attached hydrogen (secondary N) is 1. The molecule has 0 aliphatic carbocycles. The second-order valence-electron chi connectivity index (χ2n) is 5.46. The first kappa shape index (κ1) is 15.2. The molecule has 1 saturated heterocycles. The van der Waals surface area contributed by atoms with E-state index in [1.807, 2.05) is 11.8 Å². The van der Waals surface area contributed by atoms with Gasteiger partial charge in [-0.15, -0.1) is 0 Å². The molecule has 0 saturated carbocycles. The number of nitrogens with zero attached hydrogens (tertiary/aromatic N) is 3. The van der Waals surface area contributed by atoms with E-state index in [9.17, 15) is 14.9 Å². The van der Waals surface area contributed by atoms with Crippen LogP contribution in [0.15, 0.2) is 18.2 Å². The highest BCUT2D eigenvalue weighted by molar-refractivity contribution is 5.95. The molecule has 1 N–H and O–H groups in total. The molecule has 1 aliphatic rings. The number of rotatable bonds is 3. The maximum Gasteiger partial charge on any atom is 0.292 e. The van der Waals surface area contributed by atoms with Gasteiger partial charge in [-0.25, -0.2) is 0 Å². The lowest BCUT2D eigenvalue weighted by atomic mass is 10.1. The first-order chi connectivity index (χ1) is 9.90. The quantitative estimate of drug-likeness (QED) is 0.666. The third-order valence-corrected chi connectivity index (χ3v) is 3.53. The van der Waals surface area contributed by atoms with Crippen molar-refractivity contribution < 1.29 is 9.72 Å². The molecule has 1 fully saturated rings. The van der Waals surface area contributed by atoms with Gasteiger partial charge in [0, 0.05) is 51.4 Å². The Balaban J connectivity index is 2.42. The fraction of sp³-hybridized carbons (Fsp3) is 0.500. The van der Waals surface area contributed by atoms with Crippen LogP contribution in [0.3, 0.4) is 0 Å². The molecule has 0 aromatic heterocycles. The molecule has 7 heteroatoms. The monoisotopic (exact) mass is 292 g/mol. The fourth-order valence-electron chi connectivity index (χ4n) is 2.47. The van der Waals surface area contributed by atoms with Crippen LogP contribution >= 0.6 is 0 Å². The minimum absolute atomic E-state index is 0.0411. The maximum atomic E-state index is 12.1. The minimum atomic E-state index is -0.397. The van der Waals surface area contributed by atoms with E-state index in [4.69, 9.17) is 0 Å². The summed E-state index contributed by atoms with van der Waals surface area (Å²) in [5.74, 6) is -0.158. The zero-order valence-corrected chi connectivity index (χ0v) is 12.5. The average Bonchev–Trinajstić information content (AvgIpc) is 2.45. The van der Waals surface area contributed by atoms with E-state index in [-0.39, 0.29) is 17.6 Å². The summed E-state index contributed by atoms with van der Waals surface area (Å²) in [6.07, 6.45) is 0. The van der Waals surface area contributed by atoms with Crippen LogP contribution in [0, 0.1) is 10.1 Å². The Bertz CT molecular complexity index is 559. The Morgan fingerprint density at radius 3 is 2.76 bits per heavy atom. The van der Waals surface area contributed by atoms with Crippen molar-refractivity contribution in [1.29, 1.82) is 0 Å². The van der Waals surface area contributed by atoms with Gasteiger partial charge >= 0.3 is 0 Å². The van der Waals surface area contributed by atoms with Gasteiger partial charge in [-0.05, 0) is 19.1 Å². The van der Waals surface area contributed by atoms with Gasteiger partial charge in [0.2, 0.25) is 0 Å². The summed E-state index contributed by atoms with van der Waals surface area (Å²) in [5.41, 5.74) is 1.02. The smallest absolute Gasteiger partial charge is 0.292 e. The van der Waals surface area contributed by atoms with Gasteiger partial charge in [-0.1, -0.05) is 0 Å². The number of hydrogen-bond acceptors (Lipinski definition) is 5. The standard InChI is InChI=1S/C14H20N4O3/c1-10-9-17(7-6-15-10)13-8-11(14(19)16(2)3)4-5-12(13)18(20)21/h4-5,8,10,15H,6-7,9H2,1-3H3/t10-/m0/s1. The summed E-state index contributed by atoms with van der Waals surface area (Å²) in [6, 6.07) is 4.80. The van der Waals surface area contributed by atoms with E-state index < -0.39 is 4.92 Å². The predicted octanol–water partition coefficient (Wildman–Crippen LogP) is 1.09. The molecule has 21 heavy (non-hydrogen) atoms. The zero-order chi connectivity index (χ0) is 15.6. The Hall–Kier alpha value is -2.15. The number of amides is 1. The van der Waals surface area contributed by atoms with E-state index in [1.54, 1.807) is 20.2 Å². The van der Waals surface area contributed by atoms with Crippen LogP contribution in [0.25, 0.3) is 0 Å². The molecule has 0 bridgehead atoms. The first-order valence-electron chi connectivity index (χ1n) is 6.88. The lowest BCUT2D eigenvalue weighted by Gasteiger charge is -2.33. The Kier molecular flexibility index (Phi) is 4.42. The van der Waals surface area contributed by atoms with Crippen molar-refractivity contribution in [3.63, 3.8) is 0 Å². The molecule has 114 valence electrons. The highest BCUT2D eigenvalue weighted by Crippen LogP contribution is 2.30. The maximum absolute atomic E-state index is 12.1. The molecule has 1 aromatic rings. The summed E-state index contributed by atoms with van der Waals surface area (Å²) in [7, 11) is 3.33. The van der Waals surface area contributed by atoms with Crippen molar-refractivity contribution in [2.45, 2.75) is 13.0 Å². The van der Waals surface area contributed by atoms with Gasteiger partial charge in [0.1, 0.15) is 5.69 Å². The van der Waals surface area contributed by atoms with Crippen molar-refractivity contribution in [3.05, 3.63) is 33.9 Å². The number of nitro benzene ring substituents is 1. The third-order valence-electron chi connectivity index (χ3n) is 3.53.